The second-order valence-electron chi connectivity index (χ2n) is 10.6. The molecule has 0 N–H and O–H groups in total. The molecule has 1 amide bonds. The molecular formula is C32H34N2O4. The average Bonchev–Trinajstić information content (AvgIpc) is 3.18. The Morgan fingerprint density at radius 1 is 1.03 bits per heavy atom. The highest BCUT2D eigenvalue weighted by molar-refractivity contribution is 6.55. The molecule has 0 unspecified atom stereocenters. The van der Waals surface area contributed by atoms with E-state index in [4.69, 9.17) is 19.2 Å². The minimum atomic E-state index is -0.298. The van der Waals surface area contributed by atoms with Crippen molar-refractivity contribution in [3.8, 4) is 17.2 Å². The van der Waals surface area contributed by atoms with Gasteiger partial charge in [-0.25, -0.2) is 4.99 Å². The van der Waals surface area contributed by atoms with Crippen molar-refractivity contribution in [1.82, 2.24) is 0 Å². The van der Waals surface area contributed by atoms with Crippen molar-refractivity contribution in [3.63, 3.8) is 0 Å². The summed E-state index contributed by atoms with van der Waals surface area (Å²) in [7, 11) is 4.80. The zero-order valence-electron chi connectivity index (χ0n) is 22.9. The lowest BCUT2D eigenvalue weighted by Crippen LogP contribution is -2.50. The first-order valence-electron chi connectivity index (χ1n) is 12.8. The largest absolute Gasteiger partial charge is 0.493 e. The Morgan fingerprint density at radius 3 is 2.29 bits per heavy atom. The van der Waals surface area contributed by atoms with Gasteiger partial charge in [0.05, 0.1) is 32.7 Å². The standard InChI is InChI=1S/C32H34N2O4/c1-19(22-16-26(36-5)30(38-7)27(17-22)37-6)13-21-14-24-20(2)18-32(3,4)34-29(24)25(15-21)28(31(34)35)33-23-11-9-8-10-12-23/h8-12,14-17,20H,1,13,18H2,2-7H3/t20-/m1/s1. The summed E-state index contributed by atoms with van der Waals surface area (Å²) >= 11 is 0. The first kappa shape index (κ1) is 25.6. The number of aliphatic imine (C=N–C) groups is 1. The van der Waals surface area contributed by atoms with Crippen LogP contribution in [0.5, 0.6) is 17.2 Å². The molecule has 6 nitrogen and oxygen atoms in total. The van der Waals surface area contributed by atoms with E-state index in [1.807, 2.05) is 47.4 Å². The molecule has 0 saturated heterocycles. The summed E-state index contributed by atoms with van der Waals surface area (Å²) in [5.41, 5.74) is 6.92. The summed E-state index contributed by atoms with van der Waals surface area (Å²) in [6, 6.07) is 17.8. The van der Waals surface area contributed by atoms with E-state index in [0.717, 1.165) is 40.1 Å². The van der Waals surface area contributed by atoms with E-state index in [2.05, 4.69) is 39.5 Å². The van der Waals surface area contributed by atoms with Gasteiger partial charge in [-0.05, 0) is 85.2 Å². The molecule has 0 aliphatic carbocycles. The van der Waals surface area contributed by atoms with Crippen molar-refractivity contribution in [1.29, 1.82) is 0 Å². The number of ether oxygens (including phenoxy) is 3. The zero-order valence-corrected chi connectivity index (χ0v) is 22.9. The van der Waals surface area contributed by atoms with Gasteiger partial charge in [0.1, 0.15) is 5.71 Å². The zero-order chi connectivity index (χ0) is 27.2. The van der Waals surface area contributed by atoms with E-state index < -0.39 is 0 Å². The maximum absolute atomic E-state index is 13.8. The summed E-state index contributed by atoms with van der Waals surface area (Å²) in [6.07, 6.45) is 1.48. The third-order valence-electron chi connectivity index (χ3n) is 7.51. The number of hydrogen-bond donors (Lipinski definition) is 0. The fraction of sp³-hybridized carbons (Fsp3) is 0.312. The third kappa shape index (κ3) is 4.24. The van der Waals surface area contributed by atoms with Crippen molar-refractivity contribution in [3.05, 3.63) is 83.4 Å². The maximum atomic E-state index is 13.8. The van der Waals surface area contributed by atoms with E-state index in [1.165, 1.54) is 5.56 Å². The quantitative estimate of drug-likeness (QED) is 0.354. The molecule has 3 aromatic carbocycles. The molecule has 0 fully saturated rings. The average molecular weight is 511 g/mol. The van der Waals surface area contributed by atoms with Gasteiger partial charge in [-0.2, -0.15) is 0 Å². The lowest BCUT2D eigenvalue weighted by molar-refractivity contribution is -0.113. The van der Waals surface area contributed by atoms with Gasteiger partial charge in [0.15, 0.2) is 11.5 Å². The Kier molecular flexibility index (Phi) is 6.51. The van der Waals surface area contributed by atoms with Gasteiger partial charge >= 0.3 is 0 Å². The number of hydrogen-bond acceptors (Lipinski definition) is 5. The molecule has 0 bridgehead atoms. The molecular weight excluding hydrogens is 476 g/mol. The second-order valence-corrected chi connectivity index (χ2v) is 10.6. The molecule has 2 aliphatic rings. The van der Waals surface area contributed by atoms with Gasteiger partial charge in [0.2, 0.25) is 5.75 Å². The molecule has 3 aromatic rings. The Balaban J connectivity index is 1.60. The molecule has 6 heteroatoms. The van der Waals surface area contributed by atoms with Gasteiger partial charge < -0.3 is 19.1 Å². The van der Waals surface area contributed by atoms with E-state index >= 15 is 0 Å². The van der Waals surface area contributed by atoms with Crippen LogP contribution in [0.4, 0.5) is 11.4 Å². The number of carbonyl (C=O) groups is 1. The summed E-state index contributed by atoms with van der Waals surface area (Å²) < 4.78 is 16.6. The summed E-state index contributed by atoms with van der Waals surface area (Å²) in [6.45, 7) is 10.9. The van der Waals surface area contributed by atoms with E-state index in [0.29, 0.717) is 35.3 Å². The Labute approximate surface area is 224 Å². The fourth-order valence-electron chi connectivity index (χ4n) is 5.85. The number of rotatable bonds is 7. The molecule has 2 heterocycles. The van der Waals surface area contributed by atoms with Crippen molar-refractivity contribution in [2.45, 2.75) is 45.1 Å². The van der Waals surface area contributed by atoms with Gasteiger partial charge in [-0.3, -0.25) is 4.79 Å². The van der Waals surface area contributed by atoms with Crippen LogP contribution in [0.3, 0.4) is 0 Å². The van der Waals surface area contributed by atoms with Crippen LogP contribution in [0.15, 0.2) is 66.2 Å². The van der Waals surface area contributed by atoms with Crippen molar-refractivity contribution >= 4 is 28.6 Å². The predicted molar refractivity (Wildman–Crippen MR) is 153 cm³/mol. The summed E-state index contributed by atoms with van der Waals surface area (Å²) in [4.78, 5) is 20.6. The molecule has 1 atom stereocenters. The van der Waals surface area contributed by atoms with Gasteiger partial charge in [0.25, 0.3) is 5.91 Å². The molecule has 5 rings (SSSR count). The Bertz CT molecular complexity index is 1430. The number of allylic oxidation sites excluding steroid dienone is 1. The highest BCUT2D eigenvalue weighted by Crippen LogP contribution is 2.50. The number of carbonyl (C=O) groups excluding carboxylic acids is 1. The normalized spacial score (nSPS) is 18.4. The molecule has 0 aromatic heterocycles. The minimum absolute atomic E-state index is 0.0393. The first-order chi connectivity index (χ1) is 18.2. The molecule has 38 heavy (non-hydrogen) atoms. The van der Waals surface area contributed by atoms with Crippen molar-refractivity contribution in [2.75, 3.05) is 26.2 Å². The lowest BCUT2D eigenvalue weighted by Gasteiger charge is -2.43. The SMILES string of the molecule is C=C(Cc1cc2c3c(c1)[C@H](C)CC(C)(C)N3C(=O)C2=Nc1ccccc1)c1cc(OC)c(OC)c(OC)c1. The van der Waals surface area contributed by atoms with Crippen LogP contribution in [0.1, 0.15) is 55.4 Å². The monoisotopic (exact) mass is 510 g/mol. The van der Waals surface area contributed by atoms with Crippen molar-refractivity contribution in [2.24, 2.45) is 4.99 Å². The first-order valence-corrected chi connectivity index (χ1v) is 12.8. The summed E-state index contributed by atoms with van der Waals surface area (Å²) in [5, 5.41) is 0. The number of anilines is 1. The number of methoxy groups -OCH3 is 3. The highest BCUT2D eigenvalue weighted by Gasteiger charge is 2.48. The van der Waals surface area contributed by atoms with Crippen LogP contribution >= 0.6 is 0 Å². The molecule has 196 valence electrons. The summed E-state index contributed by atoms with van der Waals surface area (Å²) in [5.74, 6) is 1.98. The van der Waals surface area contributed by atoms with E-state index in [9.17, 15) is 4.79 Å². The Hall–Kier alpha value is -4.06. The van der Waals surface area contributed by atoms with Crippen LogP contribution in [-0.4, -0.2) is 38.5 Å². The van der Waals surface area contributed by atoms with Crippen LogP contribution in [0.2, 0.25) is 0 Å². The molecule has 0 spiro atoms. The third-order valence-corrected chi connectivity index (χ3v) is 7.51. The van der Waals surface area contributed by atoms with E-state index in [1.54, 1.807) is 21.3 Å². The maximum Gasteiger partial charge on any atom is 0.278 e. The molecule has 2 aliphatic heterocycles. The second kappa shape index (κ2) is 9.67. The van der Waals surface area contributed by atoms with Gasteiger partial charge in [-0.1, -0.05) is 37.8 Å². The molecule has 0 radical (unpaired) electrons. The number of amides is 1. The van der Waals surface area contributed by atoms with Crippen LogP contribution in [0, 0.1) is 0 Å². The Morgan fingerprint density at radius 2 is 1.68 bits per heavy atom. The van der Waals surface area contributed by atoms with Gasteiger partial charge in [-0.15, -0.1) is 0 Å². The highest BCUT2D eigenvalue weighted by atomic mass is 16.5. The van der Waals surface area contributed by atoms with Crippen LogP contribution < -0.4 is 19.1 Å². The van der Waals surface area contributed by atoms with Crippen LogP contribution in [0.25, 0.3) is 5.57 Å². The minimum Gasteiger partial charge on any atom is -0.493 e. The lowest BCUT2D eigenvalue weighted by atomic mass is 9.79. The fourth-order valence-corrected chi connectivity index (χ4v) is 5.85. The topological polar surface area (TPSA) is 60.4 Å². The van der Waals surface area contributed by atoms with Gasteiger partial charge in [0, 0.05) is 11.1 Å². The van der Waals surface area contributed by atoms with Crippen molar-refractivity contribution < 1.29 is 19.0 Å². The number of benzene rings is 3. The molecule has 0 saturated carbocycles. The number of nitrogens with zero attached hydrogens (tertiary/aromatic N) is 2. The number of para-hydroxylation sites is 1. The smallest absolute Gasteiger partial charge is 0.278 e. The predicted octanol–water partition coefficient (Wildman–Crippen LogP) is 6.72. The van der Waals surface area contributed by atoms with Crippen LogP contribution in [-0.2, 0) is 11.2 Å². The van der Waals surface area contributed by atoms with E-state index in [-0.39, 0.29) is 11.4 Å².